The van der Waals surface area contributed by atoms with E-state index in [1.807, 2.05) is 54.6 Å². The van der Waals surface area contributed by atoms with Gasteiger partial charge in [0.1, 0.15) is 0 Å². The van der Waals surface area contributed by atoms with Gasteiger partial charge in [0.25, 0.3) is 0 Å². The van der Waals surface area contributed by atoms with E-state index in [-0.39, 0.29) is 5.92 Å². The van der Waals surface area contributed by atoms with Gasteiger partial charge in [-0.25, -0.2) is 0 Å². The van der Waals surface area contributed by atoms with Crippen LogP contribution in [-0.4, -0.2) is 11.1 Å². The van der Waals surface area contributed by atoms with Crippen LogP contribution in [0.4, 0.5) is 0 Å². The van der Waals surface area contributed by atoms with Gasteiger partial charge in [-0.3, -0.25) is 4.79 Å². The van der Waals surface area contributed by atoms with Crippen molar-refractivity contribution in [2.75, 3.05) is 0 Å². The Morgan fingerprint density at radius 3 is 2.30 bits per heavy atom. The SMILES string of the molecule is CC(C)CC(Cc1cccc(C#Cc2ccccc2)c1)C(=O)O. The molecule has 2 heteroatoms. The zero-order chi connectivity index (χ0) is 16.7. The van der Waals surface area contributed by atoms with Crippen molar-refractivity contribution in [3.05, 3.63) is 71.3 Å². The van der Waals surface area contributed by atoms with Crippen molar-refractivity contribution in [3.8, 4) is 11.8 Å². The summed E-state index contributed by atoms with van der Waals surface area (Å²) in [5.41, 5.74) is 2.92. The van der Waals surface area contributed by atoms with E-state index < -0.39 is 5.97 Å². The van der Waals surface area contributed by atoms with Gasteiger partial charge < -0.3 is 5.11 Å². The van der Waals surface area contributed by atoms with Crippen LogP contribution in [0.2, 0.25) is 0 Å². The molecule has 0 aliphatic rings. The summed E-state index contributed by atoms with van der Waals surface area (Å²) < 4.78 is 0. The second-order valence-corrected chi connectivity index (χ2v) is 6.19. The zero-order valence-electron chi connectivity index (χ0n) is 13.6. The minimum atomic E-state index is -0.723. The molecule has 2 rings (SSSR count). The highest BCUT2D eigenvalue weighted by Crippen LogP contribution is 2.18. The lowest BCUT2D eigenvalue weighted by atomic mass is 9.90. The van der Waals surface area contributed by atoms with Gasteiger partial charge in [0.2, 0.25) is 0 Å². The van der Waals surface area contributed by atoms with Gasteiger partial charge >= 0.3 is 5.97 Å². The molecule has 0 heterocycles. The summed E-state index contributed by atoms with van der Waals surface area (Å²) in [6.45, 7) is 4.11. The minimum Gasteiger partial charge on any atom is -0.481 e. The first kappa shape index (κ1) is 16.8. The fourth-order valence-corrected chi connectivity index (χ4v) is 2.57. The van der Waals surface area contributed by atoms with Crippen molar-refractivity contribution in [3.63, 3.8) is 0 Å². The molecule has 0 saturated carbocycles. The predicted molar refractivity (Wildman–Crippen MR) is 93.1 cm³/mol. The Hall–Kier alpha value is -2.53. The van der Waals surface area contributed by atoms with E-state index in [2.05, 4.69) is 25.7 Å². The molecule has 118 valence electrons. The standard InChI is InChI=1S/C21H22O2/c1-16(2)13-20(21(22)23)15-19-10-6-9-18(14-19)12-11-17-7-4-3-5-8-17/h3-10,14,16,20H,13,15H2,1-2H3,(H,22,23). The molecule has 0 amide bonds. The minimum absolute atomic E-state index is 0.340. The Morgan fingerprint density at radius 1 is 1.00 bits per heavy atom. The largest absolute Gasteiger partial charge is 0.481 e. The molecule has 0 aliphatic carbocycles. The maximum atomic E-state index is 11.4. The lowest BCUT2D eigenvalue weighted by Gasteiger charge is -2.14. The van der Waals surface area contributed by atoms with E-state index in [1.165, 1.54) is 0 Å². The molecule has 0 radical (unpaired) electrons. The Kier molecular flexibility index (Phi) is 6.00. The summed E-state index contributed by atoms with van der Waals surface area (Å²) in [4.78, 5) is 11.4. The lowest BCUT2D eigenvalue weighted by molar-refractivity contribution is -0.142. The summed E-state index contributed by atoms with van der Waals surface area (Å²) in [7, 11) is 0. The third-order valence-electron chi connectivity index (χ3n) is 3.64. The number of carbonyl (C=O) groups is 1. The van der Waals surface area contributed by atoms with Crippen molar-refractivity contribution >= 4 is 5.97 Å². The van der Waals surface area contributed by atoms with Gasteiger partial charge in [-0.2, -0.15) is 0 Å². The van der Waals surface area contributed by atoms with E-state index >= 15 is 0 Å². The van der Waals surface area contributed by atoms with Crippen LogP contribution < -0.4 is 0 Å². The molecular weight excluding hydrogens is 284 g/mol. The molecular formula is C21H22O2. The summed E-state index contributed by atoms with van der Waals surface area (Å²) in [5.74, 6) is 5.59. The molecule has 0 spiro atoms. The fourth-order valence-electron chi connectivity index (χ4n) is 2.57. The van der Waals surface area contributed by atoms with Crippen molar-refractivity contribution in [2.45, 2.75) is 26.7 Å². The first-order valence-corrected chi connectivity index (χ1v) is 7.93. The first-order valence-electron chi connectivity index (χ1n) is 7.93. The van der Waals surface area contributed by atoms with Gasteiger partial charge in [0, 0.05) is 11.1 Å². The molecule has 23 heavy (non-hydrogen) atoms. The Balaban J connectivity index is 2.13. The Labute approximate surface area is 138 Å². The van der Waals surface area contributed by atoms with Crippen LogP contribution in [0.25, 0.3) is 0 Å². The van der Waals surface area contributed by atoms with Gasteiger partial charge in [-0.05, 0) is 48.6 Å². The van der Waals surface area contributed by atoms with Crippen LogP contribution in [0.15, 0.2) is 54.6 Å². The smallest absolute Gasteiger partial charge is 0.306 e. The zero-order valence-corrected chi connectivity index (χ0v) is 13.6. The van der Waals surface area contributed by atoms with Crippen molar-refractivity contribution < 1.29 is 9.90 Å². The summed E-state index contributed by atoms with van der Waals surface area (Å²) in [6, 6.07) is 17.7. The average molecular weight is 306 g/mol. The quantitative estimate of drug-likeness (QED) is 0.833. The molecule has 1 atom stereocenters. The highest BCUT2D eigenvalue weighted by atomic mass is 16.4. The topological polar surface area (TPSA) is 37.3 Å². The van der Waals surface area contributed by atoms with E-state index in [1.54, 1.807) is 0 Å². The highest BCUT2D eigenvalue weighted by molar-refractivity contribution is 5.70. The molecule has 1 unspecified atom stereocenters. The molecule has 0 bridgehead atoms. The number of carboxylic acid groups (broad SMARTS) is 1. The molecule has 2 aromatic carbocycles. The van der Waals surface area contributed by atoms with E-state index in [0.29, 0.717) is 18.8 Å². The highest BCUT2D eigenvalue weighted by Gasteiger charge is 2.19. The predicted octanol–water partition coefficient (Wildman–Crippen LogP) is 4.38. The van der Waals surface area contributed by atoms with Gasteiger partial charge in [-0.15, -0.1) is 0 Å². The molecule has 0 aromatic heterocycles. The van der Waals surface area contributed by atoms with E-state index in [4.69, 9.17) is 0 Å². The third-order valence-corrected chi connectivity index (χ3v) is 3.64. The van der Waals surface area contributed by atoms with Crippen LogP contribution in [-0.2, 0) is 11.2 Å². The van der Waals surface area contributed by atoms with E-state index in [9.17, 15) is 9.90 Å². The maximum absolute atomic E-state index is 11.4. The molecule has 1 N–H and O–H groups in total. The summed E-state index contributed by atoms with van der Waals surface area (Å²) in [6.07, 6.45) is 1.24. The van der Waals surface area contributed by atoms with Gasteiger partial charge in [-0.1, -0.05) is 56.0 Å². The summed E-state index contributed by atoms with van der Waals surface area (Å²) >= 11 is 0. The number of carboxylic acids is 1. The average Bonchev–Trinajstić information content (AvgIpc) is 2.53. The second-order valence-electron chi connectivity index (χ2n) is 6.19. The molecule has 2 nitrogen and oxygen atoms in total. The normalized spacial score (nSPS) is 11.6. The molecule has 0 fully saturated rings. The number of aliphatic carboxylic acids is 1. The summed E-state index contributed by atoms with van der Waals surface area (Å²) in [5, 5.41) is 9.38. The number of hydrogen-bond acceptors (Lipinski definition) is 1. The third kappa shape index (κ3) is 5.64. The fraction of sp³-hybridized carbons (Fsp3) is 0.286. The second kappa shape index (κ2) is 8.19. The van der Waals surface area contributed by atoms with Crippen LogP contribution >= 0.6 is 0 Å². The Morgan fingerprint density at radius 2 is 1.65 bits per heavy atom. The van der Waals surface area contributed by atoms with Crippen molar-refractivity contribution in [1.29, 1.82) is 0 Å². The number of hydrogen-bond donors (Lipinski definition) is 1. The van der Waals surface area contributed by atoms with Gasteiger partial charge in [0.15, 0.2) is 0 Å². The molecule has 0 aliphatic heterocycles. The number of rotatable bonds is 5. The van der Waals surface area contributed by atoms with Gasteiger partial charge in [0.05, 0.1) is 5.92 Å². The first-order chi connectivity index (χ1) is 11.0. The Bertz CT molecular complexity index is 705. The van der Waals surface area contributed by atoms with Crippen LogP contribution in [0.5, 0.6) is 0 Å². The van der Waals surface area contributed by atoms with E-state index in [0.717, 1.165) is 16.7 Å². The van der Waals surface area contributed by atoms with Crippen LogP contribution in [0.1, 0.15) is 37.0 Å². The monoisotopic (exact) mass is 306 g/mol. The molecule has 0 saturated heterocycles. The van der Waals surface area contributed by atoms with Crippen molar-refractivity contribution in [1.82, 2.24) is 0 Å². The van der Waals surface area contributed by atoms with Crippen LogP contribution in [0, 0.1) is 23.7 Å². The van der Waals surface area contributed by atoms with Crippen molar-refractivity contribution in [2.24, 2.45) is 11.8 Å². The maximum Gasteiger partial charge on any atom is 0.306 e. The lowest BCUT2D eigenvalue weighted by Crippen LogP contribution is -2.18. The molecule has 2 aromatic rings. The number of benzene rings is 2. The van der Waals surface area contributed by atoms with Crippen LogP contribution in [0.3, 0.4) is 0 Å².